The molecule has 0 aromatic heterocycles. The van der Waals surface area contributed by atoms with Gasteiger partial charge in [-0.1, -0.05) is 22.9 Å². The van der Waals surface area contributed by atoms with Crippen molar-refractivity contribution >= 4 is 27.6 Å². The molecule has 4 nitrogen and oxygen atoms in total. The van der Waals surface area contributed by atoms with Crippen molar-refractivity contribution in [3.63, 3.8) is 0 Å². The number of nitriles is 1. The lowest BCUT2D eigenvalue weighted by Crippen LogP contribution is -2.32. The third-order valence-electron chi connectivity index (χ3n) is 2.54. The molecule has 0 fully saturated rings. The molecule has 102 valence electrons. The number of carbonyl (C=O) groups excluding carboxylic acids is 1. The largest absolute Gasteiger partial charge is 0.465 e. The first-order valence-electron chi connectivity index (χ1n) is 6.22. The van der Waals surface area contributed by atoms with Crippen LogP contribution >= 0.6 is 15.9 Å². The maximum Gasteiger partial charge on any atom is 0.325 e. The predicted octanol–water partition coefficient (Wildman–Crippen LogP) is 3.10. The van der Waals surface area contributed by atoms with Crippen LogP contribution in [0.1, 0.15) is 25.8 Å². The highest BCUT2D eigenvalue weighted by Crippen LogP contribution is 2.25. The Hall–Kier alpha value is -1.54. The second kappa shape index (κ2) is 7.80. The van der Waals surface area contributed by atoms with Gasteiger partial charge in [-0.15, -0.1) is 0 Å². The van der Waals surface area contributed by atoms with Crippen molar-refractivity contribution < 1.29 is 9.53 Å². The minimum Gasteiger partial charge on any atom is -0.465 e. The Kier molecular flexibility index (Phi) is 6.37. The summed E-state index contributed by atoms with van der Waals surface area (Å²) in [6.45, 7) is 5.03. The molecule has 0 N–H and O–H groups in total. The van der Waals surface area contributed by atoms with Crippen LogP contribution in [0.15, 0.2) is 22.7 Å². The Morgan fingerprint density at radius 3 is 2.79 bits per heavy atom. The summed E-state index contributed by atoms with van der Waals surface area (Å²) < 4.78 is 5.85. The van der Waals surface area contributed by atoms with Crippen molar-refractivity contribution in [2.45, 2.75) is 20.3 Å². The van der Waals surface area contributed by atoms with Gasteiger partial charge in [-0.2, -0.15) is 5.26 Å². The van der Waals surface area contributed by atoms with Crippen LogP contribution in [0.3, 0.4) is 0 Å². The van der Waals surface area contributed by atoms with Gasteiger partial charge in [0.2, 0.25) is 0 Å². The van der Waals surface area contributed by atoms with E-state index in [0.717, 1.165) is 16.6 Å². The van der Waals surface area contributed by atoms with Crippen LogP contribution in [0.4, 0.5) is 5.69 Å². The number of halogens is 1. The minimum absolute atomic E-state index is 0.160. The van der Waals surface area contributed by atoms with E-state index in [1.807, 2.05) is 24.0 Å². The highest BCUT2D eigenvalue weighted by atomic mass is 79.9. The van der Waals surface area contributed by atoms with Crippen molar-refractivity contribution in [2.75, 3.05) is 24.6 Å². The maximum absolute atomic E-state index is 11.6. The Morgan fingerprint density at radius 2 is 2.21 bits per heavy atom. The monoisotopic (exact) mass is 324 g/mol. The lowest BCUT2D eigenvalue weighted by atomic mass is 10.1. The molecule has 0 saturated heterocycles. The zero-order valence-corrected chi connectivity index (χ0v) is 12.7. The molecule has 0 spiro atoms. The van der Waals surface area contributed by atoms with Gasteiger partial charge in [0.1, 0.15) is 12.6 Å². The molecule has 5 heteroatoms. The van der Waals surface area contributed by atoms with E-state index in [0.29, 0.717) is 18.7 Å². The van der Waals surface area contributed by atoms with Crippen LogP contribution in [0.25, 0.3) is 0 Å². The SMILES string of the molecule is CCCN(CC(=O)OCC)c1cc(Br)ccc1C#N. The van der Waals surface area contributed by atoms with Crippen LogP contribution in [-0.2, 0) is 9.53 Å². The molecular formula is C14H17BrN2O2. The van der Waals surface area contributed by atoms with Crippen molar-refractivity contribution in [1.29, 1.82) is 5.26 Å². The van der Waals surface area contributed by atoms with Gasteiger partial charge in [0.05, 0.1) is 17.9 Å². The number of hydrogen-bond donors (Lipinski definition) is 0. The van der Waals surface area contributed by atoms with E-state index in [1.54, 1.807) is 13.0 Å². The summed E-state index contributed by atoms with van der Waals surface area (Å²) in [5, 5.41) is 9.16. The molecule has 0 heterocycles. The molecule has 0 saturated carbocycles. The fourth-order valence-corrected chi connectivity index (χ4v) is 2.13. The molecule has 19 heavy (non-hydrogen) atoms. The third kappa shape index (κ3) is 4.56. The van der Waals surface area contributed by atoms with Crippen LogP contribution in [-0.4, -0.2) is 25.7 Å². The van der Waals surface area contributed by atoms with Crippen molar-refractivity contribution in [1.82, 2.24) is 0 Å². The topological polar surface area (TPSA) is 53.3 Å². The normalized spacial score (nSPS) is 9.79. The quantitative estimate of drug-likeness (QED) is 0.754. The molecule has 1 rings (SSSR count). The molecule has 0 amide bonds. The zero-order valence-electron chi connectivity index (χ0n) is 11.1. The number of hydrogen-bond acceptors (Lipinski definition) is 4. The fourth-order valence-electron chi connectivity index (χ4n) is 1.78. The smallest absolute Gasteiger partial charge is 0.325 e. The standard InChI is InChI=1S/C14H17BrN2O2/c1-3-7-17(10-14(18)19-4-2)13-8-12(15)6-5-11(13)9-16/h5-6,8H,3-4,7,10H2,1-2H3. The number of benzene rings is 1. The van der Waals surface area contributed by atoms with Gasteiger partial charge in [-0.25, -0.2) is 0 Å². The molecule has 1 aromatic carbocycles. The first kappa shape index (κ1) is 15.5. The first-order chi connectivity index (χ1) is 9.12. The van der Waals surface area contributed by atoms with Crippen molar-refractivity contribution in [3.05, 3.63) is 28.2 Å². The number of carbonyl (C=O) groups is 1. The molecule has 0 unspecified atom stereocenters. The predicted molar refractivity (Wildman–Crippen MR) is 78.0 cm³/mol. The van der Waals surface area contributed by atoms with Gasteiger partial charge in [0.15, 0.2) is 0 Å². The molecule has 0 bridgehead atoms. The summed E-state index contributed by atoms with van der Waals surface area (Å²) in [6.07, 6.45) is 0.886. The first-order valence-corrected chi connectivity index (χ1v) is 7.01. The summed E-state index contributed by atoms with van der Waals surface area (Å²) in [6, 6.07) is 7.57. The number of esters is 1. The van der Waals surface area contributed by atoms with Gasteiger partial charge in [-0.3, -0.25) is 4.79 Å². The Bertz CT molecular complexity index is 483. The number of ether oxygens (including phenoxy) is 1. The maximum atomic E-state index is 11.6. The molecule has 0 radical (unpaired) electrons. The van der Waals surface area contributed by atoms with E-state index in [2.05, 4.69) is 22.0 Å². The van der Waals surface area contributed by atoms with E-state index >= 15 is 0 Å². The highest BCUT2D eigenvalue weighted by Gasteiger charge is 2.15. The molecule has 0 aliphatic rings. The second-order valence-electron chi connectivity index (χ2n) is 4.00. The van der Waals surface area contributed by atoms with Crippen LogP contribution in [0, 0.1) is 11.3 Å². The number of rotatable bonds is 6. The number of nitrogens with zero attached hydrogens (tertiary/aromatic N) is 2. The van der Waals surface area contributed by atoms with E-state index in [9.17, 15) is 4.79 Å². The van der Waals surface area contributed by atoms with Crippen molar-refractivity contribution in [2.24, 2.45) is 0 Å². The van der Waals surface area contributed by atoms with E-state index in [4.69, 9.17) is 10.00 Å². The molecule has 0 atom stereocenters. The van der Waals surface area contributed by atoms with Gasteiger partial charge in [0.25, 0.3) is 0 Å². The van der Waals surface area contributed by atoms with Gasteiger partial charge in [-0.05, 0) is 31.5 Å². The second-order valence-corrected chi connectivity index (χ2v) is 4.92. The minimum atomic E-state index is -0.278. The van der Waals surface area contributed by atoms with Crippen LogP contribution < -0.4 is 4.90 Å². The third-order valence-corrected chi connectivity index (χ3v) is 3.03. The molecule has 1 aromatic rings. The summed E-state index contributed by atoms with van der Waals surface area (Å²) in [5.74, 6) is -0.278. The van der Waals surface area contributed by atoms with Crippen LogP contribution in [0.5, 0.6) is 0 Å². The summed E-state index contributed by atoms with van der Waals surface area (Å²) in [7, 11) is 0. The molecular weight excluding hydrogens is 308 g/mol. The van der Waals surface area contributed by atoms with Crippen molar-refractivity contribution in [3.8, 4) is 6.07 Å². The fraction of sp³-hybridized carbons (Fsp3) is 0.429. The van der Waals surface area contributed by atoms with E-state index in [-0.39, 0.29) is 12.5 Å². The van der Waals surface area contributed by atoms with E-state index < -0.39 is 0 Å². The number of anilines is 1. The highest BCUT2D eigenvalue weighted by molar-refractivity contribution is 9.10. The summed E-state index contributed by atoms with van der Waals surface area (Å²) >= 11 is 3.39. The lowest BCUT2D eigenvalue weighted by molar-refractivity contribution is -0.141. The zero-order chi connectivity index (χ0) is 14.3. The average Bonchev–Trinajstić information content (AvgIpc) is 2.38. The molecule has 0 aliphatic carbocycles. The summed E-state index contributed by atoms with van der Waals surface area (Å²) in [4.78, 5) is 13.5. The van der Waals surface area contributed by atoms with Gasteiger partial charge in [0, 0.05) is 11.0 Å². The molecule has 0 aliphatic heterocycles. The Morgan fingerprint density at radius 1 is 1.47 bits per heavy atom. The Labute approximate surface area is 122 Å². The lowest BCUT2D eigenvalue weighted by Gasteiger charge is -2.24. The van der Waals surface area contributed by atoms with Gasteiger partial charge >= 0.3 is 5.97 Å². The van der Waals surface area contributed by atoms with Crippen LogP contribution in [0.2, 0.25) is 0 Å². The Balaban J connectivity index is 3.01. The average molecular weight is 325 g/mol. The van der Waals surface area contributed by atoms with Gasteiger partial charge < -0.3 is 9.64 Å². The summed E-state index contributed by atoms with van der Waals surface area (Å²) in [5.41, 5.74) is 1.31. The van der Waals surface area contributed by atoms with E-state index in [1.165, 1.54) is 0 Å².